The largest absolute Gasteiger partial charge is 0.470 e. The first-order valence-electron chi connectivity index (χ1n) is 5.09. The second kappa shape index (κ2) is 5.60. The molecule has 0 saturated heterocycles. The minimum Gasteiger partial charge on any atom is -0.426 e. The molecule has 0 heterocycles. The van der Waals surface area contributed by atoms with E-state index in [2.05, 4.69) is 4.74 Å². The second-order valence-electron chi connectivity index (χ2n) is 3.92. The summed E-state index contributed by atoms with van der Waals surface area (Å²) in [5.74, 6) is -7.98. The fourth-order valence-corrected chi connectivity index (χ4v) is 1.52. The number of nitrogen functional groups attached to an aromatic ring is 1. The Morgan fingerprint density at radius 2 is 1.50 bits per heavy atom. The van der Waals surface area contributed by atoms with E-state index in [1.165, 1.54) is 0 Å². The van der Waals surface area contributed by atoms with E-state index in [9.17, 15) is 39.5 Å². The zero-order valence-corrected chi connectivity index (χ0v) is 10.8. The van der Waals surface area contributed by atoms with E-state index >= 15 is 0 Å². The maximum absolute atomic E-state index is 13.1. The molecule has 0 amide bonds. The van der Waals surface area contributed by atoms with Crippen LogP contribution in [0, 0.1) is 0 Å². The van der Waals surface area contributed by atoms with Crippen molar-refractivity contribution in [1.82, 2.24) is 0 Å². The molecule has 0 saturated carbocycles. The lowest BCUT2D eigenvalue weighted by molar-refractivity contribution is -0.342. The van der Waals surface area contributed by atoms with Crippen LogP contribution in [0.2, 0.25) is 5.02 Å². The van der Waals surface area contributed by atoms with Crippen molar-refractivity contribution in [2.75, 3.05) is 5.73 Å². The second-order valence-corrected chi connectivity index (χ2v) is 4.33. The Bertz CT molecular complexity index is 558. The molecular weight excluding hydrogens is 357 g/mol. The molecule has 2 nitrogen and oxygen atoms in total. The van der Waals surface area contributed by atoms with E-state index in [0.29, 0.717) is 6.07 Å². The van der Waals surface area contributed by atoms with Crippen LogP contribution in [0.3, 0.4) is 0 Å². The molecule has 0 aromatic heterocycles. The highest BCUT2D eigenvalue weighted by atomic mass is 35.5. The summed E-state index contributed by atoms with van der Waals surface area (Å²) in [7, 11) is 0. The summed E-state index contributed by atoms with van der Waals surface area (Å²) in [5.41, 5.74) is 2.38. The lowest BCUT2D eigenvalue weighted by atomic mass is 10.1. The van der Waals surface area contributed by atoms with Gasteiger partial charge in [0, 0.05) is 5.69 Å². The van der Waals surface area contributed by atoms with Crippen LogP contribution in [-0.2, 0) is 6.18 Å². The van der Waals surface area contributed by atoms with Crippen LogP contribution < -0.4 is 10.5 Å². The molecule has 2 N–H and O–H groups in total. The highest BCUT2D eigenvalue weighted by molar-refractivity contribution is 6.32. The zero-order valence-electron chi connectivity index (χ0n) is 10.00. The van der Waals surface area contributed by atoms with Gasteiger partial charge in [-0.25, -0.2) is 8.78 Å². The van der Waals surface area contributed by atoms with Crippen molar-refractivity contribution in [2.45, 2.75) is 24.6 Å². The molecule has 22 heavy (non-hydrogen) atoms. The van der Waals surface area contributed by atoms with Gasteiger partial charge in [0.05, 0.1) is 5.02 Å². The Balaban J connectivity index is 3.40. The summed E-state index contributed by atoms with van der Waals surface area (Å²) in [6.45, 7) is 0. The standard InChI is InChI=1S/C10H5ClF9NO/c11-5-2-3(21)1-4(9(16,17)18)6(5)22-10(19,20)8(14,15)7(12)13/h1-2,7H,21H2. The summed E-state index contributed by atoms with van der Waals surface area (Å²) < 4.78 is 117. The van der Waals surface area contributed by atoms with Gasteiger partial charge in [-0.2, -0.15) is 30.7 Å². The predicted molar refractivity (Wildman–Crippen MR) is 57.4 cm³/mol. The minimum atomic E-state index is -6.04. The summed E-state index contributed by atoms with van der Waals surface area (Å²) in [4.78, 5) is 0. The molecule has 12 heteroatoms. The zero-order chi connectivity index (χ0) is 17.5. The topological polar surface area (TPSA) is 35.2 Å². The van der Waals surface area contributed by atoms with E-state index in [0.717, 1.165) is 0 Å². The van der Waals surface area contributed by atoms with E-state index in [-0.39, 0.29) is 6.07 Å². The molecule has 0 spiro atoms. The average molecular weight is 362 g/mol. The summed E-state index contributed by atoms with van der Waals surface area (Å²) >= 11 is 5.21. The van der Waals surface area contributed by atoms with Crippen LogP contribution in [0.4, 0.5) is 45.2 Å². The van der Waals surface area contributed by atoms with Crippen LogP contribution in [0.5, 0.6) is 5.75 Å². The number of rotatable bonds is 4. The van der Waals surface area contributed by atoms with Crippen molar-refractivity contribution in [1.29, 1.82) is 0 Å². The first-order valence-corrected chi connectivity index (χ1v) is 5.47. The van der Waals surface area contributed by atoms with E-state index < -0.39 is 46.7 Å². The number of anilines is 1. The third kappa shape index (κ3) is 3.45. The number of benzene rings is 1. The normalized spacial score (nSPS) is 13.6. The van der Waals surface area contributed by atoms with Gasteiger partial charge in [-0.05, 0) is 12.1 Å². The Morgan fingerprint density at radius 3 is 1.91 bits per heavy atom. The van der Waals surface area contributed by atoms with E-state index in [4.69, 9.17) is 17.3 Å². The molecule has 0 aliphatic heterocycles. The van der Waals surface area contributed by atoms with Crippen LogP contribution in [-0.4, -0.2) is 18.5 Å². The first-order chi connectivity index (χ1) is 9.70. The molecule has 0 atom stereocenters. The molecule has 0 aliphatic carbocycles. The van der Waals surface area contributed by atoms with Crippen molar-refractivity contribution in [3.63, 3.8) is 0 Å². The van der Waals surface area contributed by atoms with Gasteiger partial charge in [-0.15, -0.1) is 0 Å². The molecule has 1 aromatic carbocycles. The van der Waals surface area contributed by atoms with Gasteiger partial charge in [-0.1, -0.05) is 11.6 Å². The number of nitrogens with two attached hydrogens (primary N) is 1. The quantitative estimate of drug-likeness (QED) is 0.617. The van der Waals surface area contributed by atoms with Crippen LogP contribution >= 0.6 is 11.6 Å². The molecular formula is C10H5ClF9NO. The third-order valence-corrected chi connectivity index (χ3v) is 2.54. The minimum absolute atomic E-state index is 0.0812. The molecule has 0 bridgehead atoms. The van der Waals surface area contributed by atoms with E-state index in [1.807, 2.05) is 0 Å². The van der Waals surface area contributed by atoms with Gasteiger partial charge in [0.1, 0.15) is 5.56 Å². The van der Waals surface area contributed by atoms with Crippen molar-refractivity contribution in [2.24, 2.45) is 0 Å². The van der Waals surface area contributed by atoms with Crippen LogP contribution in [0.1, 0.15) is 5.56 Å². The number of hydrogen-bond acceptors (Lipinski definition) is 2. The first kappa shape index (κ1) is 18.5. The molecule has 0 unspecified atom stereocenters. The van der Waals surface area contributed by atoms with Gasteiger partial charge in [0.2, 0.25) is 0 Å². The van der Waals surface area contributed by atoms with Gasteiger partial charge >= 0.3 is 24.6 Å². The van der Waals surface area contributed by atoms with Crippen molar-refractivity contribution < 1.29 is 44.3 Å². The Kier molecular flexibility index (Phi) is 4.71. The van der Waals surface area contributed by atoms with E-state index in [1.54, 1.807) is 0 Å². The smallest absolute Gasteiger partial charge is 0.426 e. The Labute approximate surface area is 121 Å². The number of ether oxygens (including phenoxy) is 1. The highest BCUT2D eigenvalue weighted by Gasteiger charge is 2.66. The Morgan fingerprint density at radius 1 is 1.00 bits per heavy atom. The van der Waals surface area contributed by atoms with Crippen molar-refractivity contribution in [3.8, 4) is 5.75 Å². The summed E-state index contributed by atoms with van der Waals surface area (Å²) in [6.07, 6.45) is -16.2. The van der Waals surface area contributed by atoms with Crippen LogP contribution in [0.25, 0.3) is 0 Å². The average Bonchev–Trinajstić information content (AvgIpc) is 2.30. The maximum Gasteiger partial charge on any atom is 0.470 e. The molecule has 0 radical (unpaired) electrons. The van der Waals surface area contributed by atoms with Crippen LogP contribution in [0.15, 0.2) is 12.1 Å². The van der Waals surface area contributed by atoms with Crippen molar-refractivity contribution >= 4 is 17.3 Å². The molecule has 1 rings (SSSR count). The third-order valence-electron chi connectivity index (χ3n) is 2.26. The molecule has 0 fully saturated rings. The molecule has 0 aliphatic rings. The molecule has 1 aromatic rings. The maximum atomic E-state index is 13.1. The lowest BCUT2D eigenvalue weighted by Gasteiger charge is -2.27. The number of alkyl halides is 9. The van der Waals surface area contributed by atoms with Gasteiger partial charge in [0.15, 0.2) is 5.75 Å². The van der Waals surface area contributed by atoms with Gasteiger partial charge < -0.3 is 10.5 Å². The SMILES string of the molecule is Nc1cc(Cl)c(OC(F)(F)C(F)(F)C(F)F)c(C(F)(F)F)c1. The van der Waals surface area contributed by atoms with Gasteiger partial charge in [-0.3, -0.25) is 0 Å². The number of hydrogen-bond donors (Lipinski definition) is 1. The molecule has 126 valence electrons. The number of halogens is 10. The lowest BCUT2D eigenvalue weighted by Crippen LogP contribution is -2.50. The fraction of sp³-hybridized carbons (Fsp3) is 0.400. The monoisotopic (exact) mass is 361 g/mol. The highest BCUT2D eigenvalue weighted by Crippen LogP contribution is 2.47. The Hall–Kier alpha value is -1.52. The summed E-state index contributed by atoms with van der Waals surface area (Å²) in [5, 5.41) is -1.20. The summed E-state index contributed by atoms with van der Waals surface area (Å²) in [6, 6.07) is 0.584. The van der Waals surface area contributed by atoms with Crippen molar-refractivity contribution in [3.05, 3.63) is 22.7 Å². The fourth-order valence-electron chi connectivity index (χ4n) is 1.25. The van der Waals surface area contributed by atoms with Gasteiger partial charge in [0.25, 0.3) is 0 Å². The predicted octanol–water partition coefficient (Wildman–Crippen LogP) is 4.81.